The fraction of sp³-hybridized carbons (Fsp3) is 0.600. The molecule has 1 nitrogen and oxygen atoms in total. The molecule has 0 saturated heterocycles. The Kier molecular flexibility index (Phi) is 3.80. The third-order valence-electron chi connectivity index (χ3n) is 3.78. The maximum Gasteiger partial charge on any atom is 0.0981 e. The van der Waals surface area contributed by atoms with E-state index in [1.54, 1.807) is 13.0 Å². The van der Waals surface area contributed by atoms with Crippen molar-refractivity contribution in [1.82, 2.24) is 0 Å². The lowest BCUT2D eigenvalue weighted by atomic mass is 9.73. The SMILES string of the molecule is C=CC(C)(O)/C=C/C1=C(C)C(C)(C)CCC1. The second-order valence-corrected chi connectivity index (χ2v) is 5.65. The molecule has 0 radical (unpaired) electrons. The Morgan fingerprint density at radius 3 is 2.62 bits per heavy atom. The molecule has 0 aromatic heterocycles. The summed E-state index contributed by atoms with van der Waals surface area (Å²) < 4.78 is 0. The summed E-state index contributed by atoms with van der Waals surface area (Å²) in [4.78, 5) is 0. The Morgan fingerprint density at radius 1 is 1.44 bits per heavy atom. The summed E-state index contributed by atoms with van der Waals surface area (Å²) >= 11 is 0. The zero-order valence-corrected chi connectivity index (χ0v) is 11.0. The standard InChI is InChI=1S/C15H24O/c1-6-15(5,16)11-9-13-8-7-10-14(3,4)12(13)2/h6,9,11,16H,1,7-8,10H2,2-5H3/b11-9+. The third kappa shape index (κ3) is 3.08. The van der Waals surface area contributed by atoms with Crippen LogP contribution < -0.4 is 0 Å². The van der Waals surface area contributed by atoms with Crippen LogP contribution in [0.2, 0.25) is 0 Å². The Bertz CT molecular complexity index is 329. The van der Waals surface area contributed by atoms with Crippen LogP contribution in [0.4, 0.5) is 0 Å². The molecule has 90 valence electrons. The van der Waals surface area contributed by atoms with E-state index in [4.69, 9.17) is 0 Å². The fourth-order valence-corrected chi connectivity index (χ4v) is 2.08. The molecule has 1 heteroatoms. The second-order valence-electron chi connectivity index (χ2n) is 5.65. The average Bonchev–Trinajstić information content (AvgIpc) is 2.20. The molecular formula is C15H24O. The van der Waals surface area contributed by atoms with Crippen LogP contribution >= 0.6 is 0 Å². The van der Waals surface area contributed by atoms with Crippen molar-refractivity contribution in [3.63, 3.8) is 0 Å². The van der Waals surface area contributed by atoms with Crippen LogP contribution in [0.25, 0.3) is 0 Å². The lowest BCUT2D eigenvalue weighted by Gasteiger charge is -2.32. The second kappa shape index (κ2) is 4.58. The van der Waals surface area contributed by atoms with Crippen LogP contribution in [0, 0.1) is 5.41 Å². The van der Waals surface area contributed by atoms with Crippen LogP contribution in [0.5, 0.6) is 0 Å². The number of aliphatic hydroxyl groups is 1. The van der Waals surface area contributed by atoms with Crippen LogP contribution in [0.3, 0.4) is 0 Å². The monoisotopic (exact) mass is 220 g/mol. The molecule has 1 N–H and O–H groups in total. The summed E-state index contributed by atoms with van der Waals surface area (Å²) in [5.41, 5.74) is 2.24. The smallest absolute Gasteiger partial charge is 0.0981 e. The van der Waals surface area contributed by atoms with Gasteiger partial charge in [-0.1, -0.05) is 38.2 Å². The third-order valence-corrected chi connectivity index (χ3v) is 3.78. The molecule has 0 fully saturated rings. The summed E-state index contributed by atoms with van der Waals surface area (Å²) in [7, 11) is 0. The van der Waals surface area contributed by atoms with Crippen molar-refractivity contribution in [2.75, 3.05) is 0 Å². The first kappa shape index (κ1) is 13.2. The van der Waals surface area contributed by atoms with E-state index < -0.39 is 5.60 Å². The zero-order chi connectivity index (χ0) is 12.4. The highest BCUT2D eigenvalue weighted by Crippen LogP contribution is 2.40. The number of allylic oxidation sites excluding steroid dienone is 3. The number of hydrogen-bond donors (Lipinski definition) is 1. The van der Waals surface area contributed by atoms with E-state index in [9.17, 15) is 5.11 Å². The Hall–Kier alpha value is -0.820. The minimum atomic E-state index is -0.894. The van der Waals surface area contributed by atoms with Gasteiger partial charge in [-0.05, 0) is 50.2 Å². The van der Waals surface area contributed by atoms with Crippen LogP contribution in [-0.2, 0) is 0 Å². The van der Waals surface area contributed by atoms with E-state index in [1.807, 2.05) is 6.08 Å². The van der Waals surface area contributed by atoms with Gasteiger partial charge in [0.15, 0.2) is 0 Å². The molecule has 1 aliphatic carbocycles. The minimum Gasteiger partial charge on any atom is -0.382 e. The van der Waals surface area contributed by atoms with Gasteiger partial charge in [-0.2, -0.15) is 0 Å². The number of rotatable bonds is 3. The van der Waals surface area contributed by atoms with Crippen molar-refractivity contribution in [1.29, 1.82) is 0 Å². The van der Waals surface area contributed by atoms with Gasteiger partial charge in [0.2, 0.25) is 0 Å². The number of hydrogen-bond acceptors (Lipinski definition) is 1. The molecule has 0 aromatic carbocycles. The minimum absolute atomic E-state index is 0.304. The van der Waals surface area contributed by atoms with E-state index in [-0.39, 0.29) is 0 Å². The lowest BCUT2D eigenvalue weighted by Crippen LogP contribution is -2.19. The Balaban J connectivity index is 2.93. The molecule has 0 aromatic rings. The molecule has 0 saturated carbocycles. The molecule has 0 amide bonds. The molecule has 1 rings (SSSR count). The van der Waals surface area contributed by atoms with E-state index in [0.717, 1.165) is 6.42 Å². The summed E-state index contributed by atoms with van der Waals surface area (Å²) in [6, 6.07) is 0. The molecule has 16 heavy (non-hydrogen) atoms. The van der Waals surface area contributed by atoms with E-state index in [0.29, 0.717) is 5.41 Å². The molecule has 0 spiro atoms. The van der Waals surface area contributed by atoms with Gasteiger partial charge in [-0.25, -0.2) is 0 Å². The van der Waals surface area contributed by atoms with Crippen LogP contribution in [-0.4, -0.2) is 10.7 Å². The van der Waals surface area contributed by atoms with Crippen molar-refractivity contribution in [2.24, 2.45) is 5.41 Å². The quantitative estimate of drug-likeness (QED) is 0.713. The lowest BCUT2D eigenvalue weighted by molar-refractivity contribution is 0.164. The van der Waals surface area contributed by atoms with Crippen LogP contribution in [0.15, 0.2) is 36.0 Å². The van der Waals surface area contributed by atoms with E-state index in [1.165, 1.54) is 24.0 Å². The highest BCUT2D eigenvalue weighted by Gasteiger charge is 2.25. The van der Waals surface area contributed by atoms with Gasteiger partial charge in [-0.3, -0.25) is 0 Å². The van der Waals surface area contributed by atoms with Gasteiger partial charge in [-0.15, -0.1) is 0 Å². The molecule has 1 atom stereocenters. The van der Waals surface area contributed by atoms with Crippen molar-refractivity contribution >= 4 is 0 Å². The first-order chi connectivity index (χ1) is 7.28. The van der Waals surface area contributed by atoms with Gasteiger partial charge in [0, 0.05) is 0 Å². The molecule has 0 aliphatic heterocycles. The van der Waals surface area contributed by atoms with Crippen molar-refractivity contribution in [3.8, 4) is 0 Å². The average molecular weight is 220 g/mol. The van der Waals surface area contributed by atoms with Gasteiger partial charge in [0.25, 0.3) is 0 Å². The van der Waals surface area contributed by atoms with Crippen LogP contribution in [0.1, 0.15) is 47.0 Å². The first-order valence-electron chi connectivity index (χ1n) is 6.04. The fourth-order valence-electron chi connectivity index (χ4n) is 2.08. The van der Waals surface area contributed by atoms with E-state index in [2.05, 4.69) is 33.4 Å². The summed E-state index contributed by atoms with van der Waals surface area (Å²) in [5.74, 6) is 0. The maximum absolute atomic E-state index is 9.84. The van der Waals surface area contributed by atoms with Crippen molar-refractivity contribution in [2.45, 2.75) is 52.6 Å². The van der Waals surface area contributed by atoms with E-state index >= 15 is 0 Å². The molecule has 0 heterocycles. The largest absolute Gasteiger partial charge is 0.382 e. The Labute approximate surface area is 99.6 Å². The summed E-state index contributed by atoms with van der Waals surface area (Å²) in [5, 5.41) is 9.84. The van der Waals surface area contributed by atoms with Gasteiger partial charge >= 0.3 is 0 Å². The predicted molar refractivity (Wildman–Crippen MR) is 70.3 cm³/mol. The normalized spacial score (nSPS) is 24.6. The van der Waals surface area contributed by atoms with Crippen molar-refractivity contribution in [3.05, 3.63) is 36.0 Å². The molecule has 0 bridgehead atoms. The topological polar surface area (TPSA) is 20.2 Å². The summed E-state index contributed by atoms with van der Waals surface area (Å²) in [6.07, 6.45) is 9.08. The summed E-state index contributed by atoms with van der Waals surface area (Å²) in [6.45, 7) is 12.2. The highest BCUT2D eigenvalue weighted by atomic mass is 16.3. The molecule has 1 unspecified atom stereocenters. The van der Waals surface area contributed by atoms with Gasteiger partial charge in [0.1, 0.15) is 0 Å². The van der Waals surface area contributed by atoms with Gasteiger partial charge in [0.05, 0.1) is 5.60 Å². The van der Waals surface area contributed by atoms with Crippen molar-refractivity contribution < 1.29 is 5.11 Å². The zero-order valence-electron chi connectivity index (χ0n) is 11.0. The van der Waals surface area contributed by atoms with Gasteiger partial charge < -0.3 is 5.11 Å². The molecule has 1 aliphatic rings. The highest BCUT2D eigenvalue weighted by molar-refractivity contribution is 5.32. The maximum atomic E-state index is 9.84. The Morgan fingerprint density at radius 2 is 2.06 bits per heavy atom. The predicted octanol–water partition coefficient (Wildman–Crippen LogP) is 4.01. The molecular weight excluding hydrogens is 196 g/mol. The first-order valence-corrected chi connectivity index (χ1v) is 6.04.